The Morgan fingerprint density at radius 1 is 1.12 bits per heavy atom. The minimum absolute atomic E-state index is 0.0517. The van der Waals surface area contributed by atoms with E-state index in [4.69, 9.17) is 0 Å². The monoisotopic (exact) mass is 376 g/mol. The Bertz CT molecular complexity index is 849. The number of carboxylic acid groups (broad SMARTS) is 1. The Morgan fingerprint density at radius 3 is 2.42 bits per heavy atom. The number of hydrogen-bond donors (Lipinski definition) is 3. The van der Waals surface area contributed by atoms with Crippen molar-refractivity contribution >= 4 is 21.7 Å². The van der Waals surface area contributed by atoms with Crippen molar-refractivity contribution in [3.63, 3.8) is 0 Å². The lowest BCUT2D eigenvalue weighted by molar-refractivity contribution is 0.0697. The molecule has 0 saturated carbocycles. The lowest BCUT2D eigenvalue weighted by atomic mass is 10.1. The van der Waals surface area contributed by atoms with Crippen LogP contribution >= 0.6 is 0 Å². The smallest absolute Gasteiger partial charge is 0.337 e. The zero-order chi connectivity index (χ0) is 19.2. The van der Waals surface area contributed by atoms with Crippen molar-refractivity contribution < 1.29 is 18.3 Å². The van der Waals surface area contributed by atoms with Crippen molar-refractivity contribution in [3.05, 3.63) is 59.7 Å². The van der Waals surface area contributed by atoms with Gasteiger partial charge in [-0.25, -0.2) is 17.9 Å². The summed E-state index contributed by atoms with van der Waals surface area (Å²) in [5.41, 5.74) is 1.47. The van der Waals surface area contributed by atoms with E-state index in [0.717, 1.165) is 12.0 Å². The van der Waals surface area contributed by atoms with Gasteiger partial charge in [-0.1, -0.05) is 44.2 Å². The molecule has 0 aliphatic rings. The normalized spacial score (nSPS) is 11.5. The van der Waals surface area contributed by atoms with Crippen LogP contribution in [0.4, 0.5) is 5.69 Å². The van der Waals surface area contributed by atoms with Crippen LogP contribution in [0.15, 0.2) is 53.4 Å². The highest BCUT2D eigenvalue weighted by Crippen LogP contribution is 2.21. The Balaban J connectivity index is 2.14. The molecule has 0 heterocycles. The van der Waals surface area contributed by atoms with Gasteiger partial charge in [-0.05, 0) is 36.1 Å². The summed E-state index contributed by atoms with van der Waals surface area (Å²) >= 11 is 0. The molecule has 0 saturated heterocycles. The number of benzene rings is 2. The maximum absolute atomic E-state index is 12.3. The van der Waals surface area contributed by atoms with Gasteiger partial charge in [-0.2, -0.15) is 0 Å². The minimum Gasteiger partial charge on any atom is -0.478 e. The molecule has 0 aromatic heterocycles. The number of sulfonamides is 1. The summed E-state index contributed by atoms with van der Waals surface area (Å²) in [4.78, 5) is 11.5. The SMILES string of the molecule is CC(C)CNS(=O)(=O)c1ccc(NCCc2ccccc2)c(C(=O)O)c1. The molecule has 0 fully saturated rings. The molecule has 0 aliphatic heterocycles. The Hall–Kier alpha value is -2.38. The van der Waals surface area contributed by atoms with Gasteiger partial charge in [0.25, 0.3) is 0 Å². The summed E-state index contributed by atoms with van der Waals surface area (Å²) in [6.45, 7) is 4.62. The van der Waals surface area contributed by atoms with Crippen LogP contribution in [0.5, 0.6) is 0 Å². The number of nitrogens with one attached hydrogen (secondary N) is 2. The number of aromatic carboxylic acids is 1. The third-order valence-corrected chi connectivity index (χ3v) is 5.21. The van der Waals surface area contributed by atoms with E-state index in [1.807, 2.05) is 44.2 Å². The lowest BCUT2D eigenvalue weighted by Crippen LogP contribution is -2.27. The van der Waals surface area contributed by atoms with Gasteiger partial charge in [0.15, 0.2) is 0 Å². The fraction of sp³-hybridized carbons (Fsp3) is 0.316. The van der Waals surface area contributed by atoms with Crippen molar-refractivity contribution in [3.8, 4) is 0 Å². The summed E-state index contributed by atoms with van der Waals surface area (Å²) in [6.07, 6.45) is 0.732. The van der Waals surface area contributed by atoms with Crippen LogP contribution in [0, 0.1) is 5.92 Å². The Labute approximate surface area is 154 Å². The first kappa shape index (κ1) is 19.9. The van der Waals surface area contributed by atoms with Crippen LogP contribution in [0.25, 0.3) is 0 Å². The van der Waals surface area contributed by atoms with Crippen LogP contribution in [0.2, 0.25) is 0 Å². The zero-order valence-electron chi connectivity index (χ0n) is 14.9. The first-order valence-corrected chi connectivity index (χ1v) is 9.92. The quantitative estimate of drug-likeness (QED) is 0.625. The fourth-order valence-electron chi connectivity index (χ4n) is 2.37. The lowest BCUT2D eigenvalue weighted by Gasteiger charge is -2.13. The van der Waals surface area contributed by atoms with E-state index in [1.165, 1.54) is 18.2 Å². The average molecular weight is 376 g/mol. The van der Waals surface area contributed by atoms with Crippen molar-refractivity contribution in [2.75, 3.05) is 18.4 Å². The highest BCUT2D eigenvalue weighted by Gasteiger charge is 2.19. The fourth-order valence-corrected chi connectivity index (χ4v) is 3.61. The molecule has 26 heavy (non-hydrogen) atoms. The minimum atomic E-state index is -3.73. The number of carbonyl (C=O) groups is 1. The van der Waals surface area contributed by atoms with E-state index in [2.05, 4.69) is 10.0 Å². The zero-order valence-corrected chi connectivity index (χ0v) is 15.7. The molecule has 2 aromatic carbocycles. The molecule has 2 rings (SSSR count). The summed E-state index contributed by atoms with van der Waals surface area (Å²) in [7, 11) is -3.73. The first-order valence-electron chi connectivity index (χ1n) is 8.44. The van der Waals surface area contributed by atoms with Crippen molar-refractivity contribution in [1.29, 1.82) is 0 Å². The van der Waals surface area contributed by atoms with Crippen LogP contribution in [0.1, 0.15) is 29.8 Å². The molecule has 6 nitrogen and oxygen atoms in total. The maximum atomic E-state index is 12.3. The highest BCUT2D eigenvalue weighted by molar-refractivity contribution is 7.89. The average Bonchev–Trinajstić information content (AvgIpc) is 2.61. The van der Waals surface area contributed by atoms with Gasteiger partial charge >= 0.3 is 5.97 Å². The third-order valence-electron chi connectivity index (χ3n) is 3.79. The number of carboxylic acids is 1. The van der Waals surface area contributed by atoms with Gasteiger partial charge < -0.3 is 10.4 Å². The molecule has 0 amide bonds. The first-order chi connectivity index (χ1) is 12.3. The van der Waals surface area contributed by atoms with Crippen LogP contribution in [-0.4, -0.2) is 32.6 Å². The molecule has 2 aromatic rings. The van der Waals surface area contributed by atoms with E-state index in [0.29, 0.717) is 18.8 Å². The molecule has 140 valence electrons. The second-order valence-electron chi connectivity index (χ2n) is 6.42. The molecule has 0 bridgehead atoms. The van der Waals surface area contributed by atoms with Gasteiger partial charge in [0.05, 0.1) is 10.5 Å². The highest BCUT2D eigenvalue weighted by atomic mass is 32.2. The summed E-state index contributed by atoms with van der Waals surface area (Å²) in [5.74, 6) is -1.02. The predicted molar refractivity (Wildman–Crippen MR) is 102 cm³/mol. The molecule has 0 spiro atoms. The Morgan fingerprint density at radius 2 is 1.81 bits per heavy atom. The molecule has 0 radical (unpaired) electrons. The molecule has 0 atom stereocenters. The van der Waals surface area contributed by atoms with E-state index < -0.39 is 16.0 Å². The van der Waals surface area contributed by atoms with Gasteiger partial charge in [0.1, 0.15) is 0 Å². The van der Waals surface area contributed by atoms with Gasteiger partial charge in [-0.15, -0.1) is 0 Å². The number of hydrogen-bond acceptors (Lipinski definition) is 4. The number of rotatable bonds is 9. The molecule has 0 unspecified atom stereocenters. The molecular formula is C19H24N2O4S. The second-order valence-corrected chi connectivity index (χ2v) is 8.19. The molecule has 7 heteroatoms. The number of anilines is 1. The predicted octanol–water partition coefficient (Wildman–Crippen LogP) is 2.97. The van der Waals surface area contributed by atoms with Gasteiger partial charge in [-0.3, -0.25) is 0 Å². The summed E-state index contributed by atoms with van der Waals surface area (Å²) in [5, 5.41) is 12.5. The van der Waals surface area contributed by atoms with Gasteiger partial charge in [0, 0.05) is 18.8 Å². The molecule has 3 N–H and O–H groups in total. The van der Waals surface area contributed by atoms with E-state index in [9.17, 15) is 18.3 Å². The van der Waals surface area contributed by atoms with Crippen molar-refractivity contribution in [2.24, 2.45) is 5.92 Å². The molecular weight excluding hydrogens is 352 g/mol. The maximum Gasteiger partial charge on any atom is 0.337 e. The summed E-state index contributed by atoms with van der Waals surface area (Å²) < 4.78 is 27.1. The van der Waals surface area contributed by atoms with Crippen molar-refractivity contribution in [1.82, 2.24) is 4.72 Å². The van der Waals surface area contributed by atoms with E-state index in [-0.39, 0.29) is 16.4 Å². The van der Waals surface area contributed by atoms with Crippen LogP contribution in [-0.2, 0) is 16.4 Å². The van der Waals surface area contributed by atoms with E-state index >= 15 is 0 Å². The van der Waals surface area contributed by atoms with E-state index in [1.54, 1.807) is 0 Å². The van der Waals surface area contributed by atoms with Crippen LogP contribution < -0.4 is 10.0 Å². The second kappa shape index (κ2) is 8.82. The molecule has 0 aliphatic carbocycles. The van der Waals surface area contributed by atoms with Gasteiger partial charge in [0.2, 0.25) is 10.0 Å². The van der Waals surface area contributed by atoms with Crippen molar-refractivity contribution in [2.45, 2.75) is 25.2 Å². The standard InChI is InChI=1S/C19H24N2O4S/c1-14(2)13-21-26(24,25)16-8-9-18(17(12-16)19(22)23)20-11-10-15-6-4-3-5-7-15/h3-9,12,14,20-21H,10-11,13H2,1-2H3,(H,22,23). The topological polar surface area (TPSA) is 95.5 Å². The van der Waals surface area contributed by atoms with Crippen LogP contribution in [0.3, 0.4) is 0 Å². The summed E-state index contributed by atoms with van der Waals surface area (Å²) in [6, 6.07) is 13.9. The Kier molecular flexibility index (Phi) is 6.76. The third kappa shape index (κ3) is 5.57. The largest absolute Gasteiger partial charge is 0.478 e.